The summed E-state index contributed by atoms with van der Waals surface area (Å²) in [4.78, 5) is 16.6. The van der Waals surface area contributed by atoms with E-state index < -0.39 is 5.97 Å². The number of nitrogens with zero attached hydrogens (tertiary/aromatic N) is 1. The van der Waals surface area contributed by atoms with Crippen LogP contribution in [0.15, 0.2) is 6.20 Å². The van der Waals surface area contributed by atoms with Gasteiger partial charge in [0, 0.05) is 11.1 Å². The number of carboxylic acid groups (broad SMARTS) is 1. The second-order valence-corrected chi connectivity index (χ2v) is 5.86. The average molecular weight is 239 g/mol. The molecular formula is C12H17NO2S. The van der Waals surface area contributed by atoms with Crippen LogP contribution in [-0.4, -0.2) is 16.1 Å². The molecule has 0 spiro atoms. The van der Waals surface area contributed by atoms with E-state index in [1.54, 1.807) is 11.3 Å². The third-order valence-electron chi connectivity index (χ3n) is 3.38. The van der Waals surface area contributed by atoms with Gasteiger partial charge in [0.2, 0.25) is 0 Å². The second-order valence-electron chi connectivity index (χ2n) is 4.54. The zero-order valence-electron chi connectivity index (χ0n) is 9.48. The molecule has 1 saturated carbocycles. The van der Waals surface area contributed by atoms with Crippen LogP contribution in [0.1, 0.15) is 35.6 Å². The molecule has 2 rings (SSSR count). The molecule has 1 fully saturated rings. The lowest BCUT2D eigenvalue weighted by Crippen LogP contribution is -2.23. The second kappa shape index (κ2) is 4.95. The van der Waals surface area contributed by atoms with Crippen molar-refractivity contribution in [3.63, 3.8) is 0 Å². The van der Waals surface area contributed by atoms with E-state index in [0.717, 1.165) is 22.7 Å². The van der Waals surface area contributed by atoms with E-state index >= 15 is 0 Å². The Bertz CT molecular complexity index is 369. The molecule has 1 unspecified atom stereocenters. The zero-order valence-corrected chi connectivity index (χ0v) is 10.3. The molecule has 88 valence electrons. The highest BCUT2D eigenvalue weighted by Gasteiger charge is 2.30. The first-order chi connectivity index (χ1) is 7.66. The van der Waals surface area contributed by atoms with Gasteiger partial charge >= 0.3 is 5.97 Å². The van der Waals surface area contributed by atoms with Crippen molar-refractivity contribution in [3.05, 3.63) is 16.1 Å². The molecule has 1 aromatic rings. The standard InChI is InChI=1S/C12H17NO2S/c1-8-13-7-10(16-8)6-11(12(14)15)9-4-2-3-5-9/h7,9,11H,2-6H2,1H3,(H,14,15). The molecule has 0 aliphatic heterocycles. The van der Waals surface area contributed by atoms with Gasteiger partial charge in [-0.3, -0.25) is 4.79 Å². The van der Waals surface area contributed by atoms with Crippen LogP contribution >= 0.6 is 11.3 Å². The number of aryl methyl sites for hydroxylation is 1. The summed E-state index contributed by atoms with van der Waals surface area (Å²) in [5, 5.41) is 10.3. The van der Waals surface area contributed by atoms with Crippen LogP contribution in [0.3, 0.4) is 0 Å². The van der Waals surface area contributed by atoms with Gasteiger partial charge in [-0.15, -0.1) is 11.3 Å². The minimum atomic E-state index is -0.641. The highest BCUT2D eigenvalue weighted by Crippen LogP contribution is 2.34. The van der Waals surface area contributed by atoms with Crippen LogP contribution in [0.2, 0.25) is 0 Å². The molecule has 1 aromatic heterocycles. The maximum atomic E-state index is 11.3. The van der Waals surface area contributed by atoms with Gasteiger partial charge in [-0.1, -0.05) is 12.8 Å². The highest BCUT2D eigenvalue weighted by atomic mass is 32.1. The minimum Gasteiger partial charge on any atom is -0.481 e. The van der Waals surface area contributed by atoms with E-state index in [1.165, 1.54) is 12.8 Å². The summed E-state index contributed by atoms with van der Waals surface area (Å²) >= 11 is 1.62. The van der Waals surface area contributed by atoms with Gasteiger partial charge in [0.05, 0.1) is 10.9 Å². The SMILES string of the molecule is Cc1ncc(CC(C(=O)O)C2CCCC2)s1. The number of aromatic nitrogens is 1. The lowest BCUT2D eigenvalue weighted by molar-refractivity contribution is -0.143. The smallest absolute Gasteiger partial charge is 0.307 e. The number of hydrogen-bond donors (Lipinski definition) is 1. The molecule has 1 heterocycles. The van der Waals surface area contributed by atoms with Crippen LogP contribution in [-0.2, 0) is 11.2 Å². The zero-order chi connectivity index (χ0) is 11.5. The predicted octanol–water partition coefficient (Wildman–Crippen LogP) is 2.89. The van der Waals surface area contributed by atoms with Crippen LogP contribution in [0.25, 0.3) is 0 Å². The molecule has 0 radical (unpaired) electrons. The summed E-state index contributed by atoms with van der Waals surface area (Å²) in [5.41, 5.74) is 0. The fraction of sp³-hybridized carbons (Fsp3) is 0.667. The summed E-state index contributed by atoms with van der Waals surface area (Å²) in [7, 11) is 0. The van der Waals surface area contributed by atoms with Crippen LogP contribution < -0.4 is 0 Å². The maximum Gasteiger partial charge on any atom is 0.307 e. The summed E-state index contributed by atoms with van der Waals surface area (Å²) < 4.78 is 0. The largest absolute Gasteiger partial charge is 0.481 e. The first-order valence-corrected chi connectivity index (χ1v) is 6.62. The summed E-state index contributed by atoms with van der Waals surface area (Å²) in [5.74, 6) is -0.472. The number of rotatable bonds is 4. The van der Waals surface area contributed by atoms with Crippen molar-refractivity contribution in [2.45, 2.75) is 39.0 Å². The van der Waals surface area contributed by atoms with Crippen molar-refractivity contribution in [1.29, 1.82) is 0 Å². The normalized spacial score (nSPS) is 18.8. The minimum absolute atomic E-state index is 0.206. The lowest BCUT2D eigenvalue weighted by atomic mass is 9.88. The predicted molar refractivity (Wildman–Crippen MR) is 63.6 cm³/mol. The number of hydrogen-bond acceptors (Lipinski definition) is 3. The third kappa shape index (κ3) is 2.61. The molecule has 1 N–H and O–H groups in total. The Hall–Kier alpha value is -0.900. The van der Waals surface area contributed by atoms with Gasteiger partial charge in [-0.05, 0) is 32.1 Å². The molecule has 0 saturated heterocycles. The molecule has 1 aliphatic carbocycles. The highest BCUT2D eigenvalue weighted by molar-refractivity contribution is 7.11. The van der Waals surface area contributed by atoms with Gasteiger partial charge in [0.15, 0.2) is 0 Å². The van der Waals surface area contributed by atoms with E-state index in [2.05, 4.69) is 4.98 Å². The quantitative estimate of drug-likeness (QED) is 0.879. The lowest BCUT2D eigenvalue weighted by Gasteiger charge is -2.17. The monoisotopic (exact) mass is 239 g/mol. The molecule has 16 heavy (non-hydrogen) atoms. The molecule has 0 aromatic carbocycles. The van der Waals surface area contributed by atoms with E-state index in [-0.39, 0.29) is 5.92 Å². The first-order valence-electron chi connectivity index (χ1n) is 5.81. The van der Waals surface area contributed by atoms with Crippen LogP contribution in [0.4, 0.5) is 0 Å². The number of thiazole rings is 1. The average Bonchev–Trinajstić information content (AvgIpc) is 2.84. The Morgan fingerprint density at radius 3 is 2.81 bits per heavy atom. The number of carboxylic acids is 1. The van der Waals surface area contributed by atoms with E-state index in [4.69, 9.17) is 0 Å². The van der Waals surface area contributed by atoms with Crippen LogP contribution in [0.5, 0.6) is 0 Å². The summed E-state index contributed by atoms with van der Waals surface area (Å²) in [6, 6.07) is 0. The van der Waals surface area contributed by atoms with Crippen molar-refractivity contribution in [3.8, 4) is 0 Å². The van der Waals surface area contributed by atoms with Crippen LogP contribution in [0, 0.1) is 18.8 Å². The summed E-state index contributed by atoms with van der Waals surface area (Å²) in [6.07, 6.45) is 7.02. The molecule has 0 bridgehead atoms. The summed E-state index contributed by atoms with van der Waals surface area (Å²) in [6.45, 7) is 1.96. The van der Waals surface area contributed by atoms with Crippen molar-refractivity contribution < 1.29 is 9.90 Å². The molecular weight excluding hydrogens is 222 g/mol. The van der Waals surface area contributed by atoms with Crippen molar-refractivity contribution >= 4 is 17.3 Å². The first kappa shape index (κ1) is 11.6. The topological polar surface area (TPSA) is 50.2 Å². The number of aliphatic carboxylic acids is 1. The van der Waals surface area contributed by atoms with Gasteiger partial charge in [0.25, 0.3) is 0 Å². The van der Waals surface area contributed by atoms with Gasteiger partial charge in [-0.2, -0.15) is 0 Å². The number of carbonyl (C=O) groups is 1. The molecule has 3 nitrogen and oxygen atoms in total. The Morgan fingerprint density at radius 2 is 2.31 bits per heavy atom. The van der Waals surface area contributed by atoms with Crippen molar-refractivity contribution in [1.82, 2.24) is 4.98 Å². The Kier molecular flexibility index (Phi) is 3.59. The van der Waals surface area contributed by atoms with Crippen molar-refractivity contribution in [2.24, 2.45) is 11.8 Å². The fourth-order valence-corrected chi connectivity index (χ4v) is 3.38. The Balaban J connectivity index is 2.05. The Labute approximate surface area is 99.5 Å². The molecule has 0 amide bonds. The fourth-order valence-electron chi connectivity index (χ4n) is 2.53. The maximum absolute atomic E-state index is 11.3. The van der Waals surface area contributed by atoms with E-state index in [1.807, 2.05) is 13.1 Å². The molecule has 4 heteroatoms. The van der Waals surface area contributed by atoms with Gasteiger partial charge in [-0.25, -0.2) is 4.98 Å². The third-order valence-corrected chi connectivity index (χ3v) is 4.31. The van der Waals surface area contributed by atoms with Gasteiger partial charge in [0.1, 0.15) is 0 Å². The van der Waals surface area contributed by atoms with E-state index in [0.29, 0.717) is 12.3 Å². The van der Waals surface area contributed by atoms with Crippen molar-refractivity contribution in [2.75, 3.05) is 0 Å². The Morgan fingerprint density at radius 1 is 1.62 bits per heavy atom. The van der Waals surface area contributed by atoms with E-state index in [9.17, 15) is 9.90 Å². The molecule has 1 aliphatic rings. The van der Waals surface area contributed by atoms with Gasteiger partial charge < -0.3 is 5.11 Å². The molecule has 1 atom stereocenters.